The molecule has 0 radical (unpaired) electrons. The maximum atomic E-state index is 13.8. The summed E-state index contributed by atoms with van der Waals surface area (Å²) in [5.41, 5.74) is 1.78. The molecular formula is C28H43NO4S. The highest BCUT2D eigenvalue weighted by Crippen LogP contribution is 2.50. The minimum Gasteiger partial charge on any atom is -0.497 e. The average molecular weight is 490 g/mol. The second-order valence-corrected chi connectivity index (χ2v) is 11.6. The lowest BCUT2D eigenvalue weighted by Crippen LogP contribution is -2.43. The van der Waals surface area contributed by atoms with Crippen molar-refractivity contribution in [1.29, 1.82) is 0 Å². The minimum atomic E-state index is -3.59. The Morgan fingerprint density at radius 2 is 1.71 bits per heavy atom. The van der Waals surface area contributed by atoms with E-state index in [1.54, 1.807) is 13.2 Å². The van der Waals surface area contributed by atoms with E-state index in [1.165, 1.54) is 0 Å². The maximum Gasteiger partial charge on any atom is 0.179 e. The van der Waals surface area contributed by atoms with Gasteiger partial charge in [-0.1, -0.05) is 59.1 Å². The van der Waals surface area contributed by atoms with Crippen LogP contribution in [-0.2, 0) is 9.84 Å². The third kappa shape index (κ3) is 5.60. The zero-order chi connectivity index (χ0) is 24.2. The molecule has 0 aromatic heterocycles. The summed E-state index contributed by atoms with van der Waals surface area (Å²) in [5.74, 6) is 0.224. The number of nitrogens with zero attached hydrogens (tertiary/aromatic N) is 1. The van der Waals surface area contributed by atoms with Gasteiger partial charge < -0.3 is 14.7 Å². The molecule has 0 bridgehead atoms. The number of sulfone groups is 1. The molecule has 34 heavy (non-hydrogen) atoms. The van der Waals surface area contributed by atoms with Crippen molar-refractivity contribution in [2.75, 3.05) is 31.9 Å². The summed E-state index contributed by atoms with van der Waals surface area (Å²) in [6.07, 6.45) is 4.26. The summed E-state index contributed by atoms with van der Waals surface area (Å²) >= 11 is 0. The van der Waals surface area contributed by atoms with Crippen molar-refractivity contribution in [2.24, 2.45) is 5.41 Å². The fourth-order valence-corrected chi connectivity index (χ4v) is 7.42. The number of hydrogen-bond donors (Lipinski definition) is 1. The molecule has 1 N–H and O–H groups in total. The van der Waals surface area contributed by atoms with Crippen molar-refractivity contribution in [3.8, 4) is 5.75 Å². The van der Waals surface area contributed by atoms with Gasteiger partial charge in [0.15, 0.2) is 9.84 Å². The van der Waals surface area contributed by atoms with Crippen LogP contribution in [0.1, 0.15) is 76.8 Å². The Morgan fingerprint density at radius 1 is 1.06 bits per heavy atom. The predicted octanol–water partition coefficient (Wildman–Crippen LogP) is 6.04. The number of aliphatic hydroxyl groups is 1. The maximum absolute atomic E-state index is 13.8. The van der Waals surface area contributed by atoms with Crippen molar-refractivity contribution >= 4 is 15.5 Å². The van der Waals surface area contributed by atoms with Gasteiger partial charge in [-0.15, -0.1) is 0 Å². The lowest BCUT2D eigenvalue weighted by molar-refractivity contribution is 0.0127. The lowest BCUT2D eigenvalue weighted by Gasteiger charge is -2.40. The van der Waals surface area contributed by atoms with E-state index in [1.807, 2.05) is 55.4 Å². The minimum absolute atomic E-state index is 0. The van der Waals surface area contributed by atoms with E-state index < -0.39 is 27.3 Å². The zero-order valence-corrected chi connectivity index (χ0v) is 21.5. The van der Waals surface area contributed by atoms with Gasteiger partial charge in [0, 0.05) is 31.1 Å². The number of anilines is 1. The van der Waals surface area contributed by atoms with Crippen LogP contribution in [0.2, 0.25) is 0 Å². The second-order valence-electron chi connectivity index (χ2n) is 9.64. The topological polar surface area (TPSA) is 66.8 Å². The number of methoxy groups -OCH3 is 1. The summed E-state index contributed by atoms with van der Waals surface area (Å²) < 4.78 is 33.1. The fraction of sp³-hybridized carbons (Fsp3) is 0.571. The standard InChI is InChI=1S/C27H39NO4S.CH4/c1-6-8-15-27(16-9-7-2)19-33(30,31)24-14-13-21(28(3)4)18-23(24)25(26(27)29)20-11-10-12-22(17-20)32-5;/h10-14,17-18,25-26,29H,6-9,15-16,19H2,1-5H3;1H4. The Bertz CT molecular complexity index is 1040. The molecular weight excluding hydrogens is 446 g/mol. The largest absolute Gasteiger partial charge is 0.497 e. The molecule has 5 nitrogen and oxygen atoms in total. The molecule has 0 saturated heterocycles. The molecule has 2 aromatic rings. The summed E-state index contributed by atoms with van der Waals surface area (Å²) in [6, 6.07) is 13.2. The summed E-state index contributed by atoms with van der Waals surface area (Å²) in [4.78, 5) is 2.31. The molecule has 1 heterocycles. The van der Waals surface area contributed by atoms with E-state index >= 15 is 0 Å². The predicted molar refractivity (Wildman–Crippen MR) is 142 cm³/mol. The normalized spacial score (nSPS) is 20.5. The molecule has 2 atom stereocenters. The Balaban J connectivity index is 0.00000408. The lowest BCUT2D eigenvalue weighted by atomic mass is 9.68. The first-order valence-electron chi connectivity index (χ1n) is 12.0. The molecule has 6 heteroatoms. The molecule has 0 saturated carbocycles. The first-order chi connectivity index (χ1) is 15.7. The molecule has 190 valence electrons. The summed E-state index contributed by atoms with van der Waals surface area (Å²) in [7, 11) is 1.92. The first-order valence-corrected chi connectivity index (χ1v) is 13.7. The van der Waals surface area contributed by atoms with Crippen LogP contribution in [0.5, 0.6) is 5.75 Å². The molecule has 0 fully saturated rings. The van der Waals surface area contributed by atoms with Crippen LogP contribution in [0.15, 0.2) is 47.4 Å². The first kappa shape index (κ1) is 28.2. The third-order valence-corrected chi connectivity index (χ3v) is 9.11. The Kier molecular flexibility index (Phi) is 9.61. The number of rotatable bonds is 9. The molecule has 3 rings (SSSR count). The van der Waals surface area contributed by atoms with Crippen LogP contribution in [0, 0.1) is 5.41 Å². The van der Waals surface area contributed by atoms with Crippen LogP contribution in [0.25, 0.3) is 0 Å². The smallest absolute Gasteiger partial charge is 0.179 e. The highest BCUT2D eigenvalue weighted by atomic mass is 32.2. The highest BCUT2D eigenvalue weighted by Gasteiger charge is 2.49. The Morgan fingerprint density at radius 3 is 2.26 bits per heavy atom. The van der Waals surface area contributed by atoms with Crippen molar-refractivity contribution < 1.29 is 18.3 Å². The van der Waals surface area contributed by atoms with Crippen LogP contribution in [0.4, 0.5) is 5.69 Å². The van der Waals surface area contributed by atoms with Crippen molar-refractivity contribution in [1.82, 2.24) is 0 Å². The highest BCUT2D eigenvalue weighted by molar-refractivity contribution is 7.91. The van der Waals surface area contributed by atoms with Crippen molar-refractivity contribution in [3.05, 3.63) is 53.6 Å². The third-order valence-electron chi connectivity index (χ3n) is 7.11. The van der Waals surface area contributed by atoms with Crippen LogP contribution < -0.4 is 9.64 Å². The summed E-state index contributed by atoms with van der Waals surface area (Å²) in [5, 5.41) is 12.1. The summed E-state index contributed by atoms with van der Waals surface area (Å²) in [6.45, 7) is 4.23. The molecule has 0 amide bonds. The van der Waals surface area contributed by atoms with Crippen LogP contribution in [-0.4, -0.2) is 46.6 Å². The van der Waals surface area contributed by atoms with E-state index in [0.29, 0.717) is 29.1 Å². The van der Waals surface area contributed by atoms with Gasteiger partial charge in [0.25, 0.3) is 0 Å². The van der Waals surface area contributed by atoms with E-state index in [0.717, 1.165) is 36.9 Å². The number of ether oxygens (including phenoxy) is 1. The SMILES string of the molecule is C.CCCCC1(CCCC)CS(=O)(=O)c2ccc(N(C)C)cc2C(c2cccc(OC)c2)C1O. The molecule has 1 aliphatic rings. The second kappa shape index (κ2) is 11.6. The van der Waals surface area contributed by atoms with Crippen molar-refractivity contribution in [3.63, 3.8) is 0 Å². The zero-order valence-electron chi connectivity index (χ0n) is 20.7. The Hall–Kier alpha value is -2.05. The van der Waals surface area contributed by atoms with E-state index in [2.05, 4.69) is 13.8 Å². The van der Waals surface area contributed by atoms with Crippen molar-refractivity contribution in [2.45, 2.75) is 76.7 Å². The van der Waals surface area contributed by atoms with Gasteiger partial charge >= 0.3 is 0 Å². The molecule has 1 aliphatic heterocycles. The number of hydrogen-bond acceptors (Lipinski definition) is 5. The quantitative estimate of drug-likeness (QED) is 0.465. The Labute approximate surface area is 207 Å². The van der Waals surface area contributed by atoms with Gasteiger partial charge in [0.2, 0.25) is 0 Å². The molecule has 2 unspecified atom stereocenters. The van der Waals surface area contributed by atoms with Crippen LogP contribution >= 0.6 is 0 Å². The van der Waals surface area contributed by atoms with Gasteiger partial charge in [0.05, 0.1) is 23.9 Å². The number of benzene rings is 2. The van der Waals surface area contributed by atoms with Gasteiger partial charge in [-0.25, -0.2) is 8.42 Å². The van der Waals surface area contributed by atoms with Gasteiger partial charge in [-0.2, -0.15) is 0 Å². The van der Waals surface area contributed by atoms with Gasteiger partial charge in [0.1, 0.15) is 5.75 Å². The monoisotopic (exact) mass is 489 g/mol. The number of fused-ring (bicyclic) bond motifs is 1. The van der Waals surface area contributed by atoms with E-state index in [-0.39, 0.29) is 13.2 Å². The van der Waals surface area contributed by atoms with Gasteiger partial charge in [-0.05, 0) is 54.3 Å². The fourth-order valence-electron chi connectivity index (χ4n) is 5.23. The molecule has 2 aromatic carbocycles. The van der Waals surface area contributed by atoms with Crippen LogP contribution in [0.3, 0.4) is 0 Å². The van der Waals surface area contributed by atoms with E-state index in [9.17, 15) is 13.5 Å². The van der Waals surface area contributed by atoms with E-state index in [4.69, 9.17) is 4.74 Å². The molecule has 0 aliphatic carbocycles. The van der Waals surface area contributed by atoms with Gasteiger partial charge in [-0.3, -0.25) is 0 Å². The number of aliphatic hydroxyl groups excluding tert-OH is 1. The molecule has 0 spiro atoms. The number of unbranched alkanes of at least 4 members (excludes halogenated alkanes) is 2. The average Bonchev–Trinajstić information content (AvgIpc) is 2.87.